The number of amides is 1. The van der Waals surface area contributed by atoms with Crippen LogP contribution in [-0.4, -0.2) is 11.9 Å². The van der Waals surface area contributed by atoms with Crippen LogP contribution in [0.5, 0.6) is 0 Å². The van der Waals surface area contributed by atoms with Crippen LogP contribution in [0.25, 0.3) is 0 Å². The van der Waals surface area contributed by atoms with Gasteiger partial charge in [-0.05, 0) is 50.3 Å². The molecule has 1 aliphatic rings. The van der Waals surface area contributed by atoms with Crippen LogP contribution in [0.15, 0.2) is 18.2 Å². The largest absolute Gasteiger partial charge is 0.382 e. The molecule has 1 aromatic carbocycles. The first-order chi connectivity index (χ1) is 9.09. The number of carbonyl (C=O) groups is 1. The van der Waals surface area contributed by atoms with Crippen LogP contribution >= 0.6 is 0 Å². The summed E-state index contributed by atoms with van der Waals surface area (Å²) >= 11 is 0. The Bertz CT molecular complexity index is 450. The fraction of sp³-hybridized carbons (Fsp3) is 0.562. The molecule has 1 unspecified atom stereocenters. The zero-order chi connectivity index (χ0) is 13.8. The van der Waals surface area contributed by atoms with E-state index in [2.05, 4.69) is 12.2 Å². The molecule has 1 aromatic rings. The monoisotopic (exact) mass is 260 g/mol. The van der Waals surface area contributed by atoms with Crippen molar-refractivity contribution in [2.45, 2.75) is 52.0 Å². The van der Waals surface area contributed by atoms with E-state index in [4.69, 9.17) is 5.73 Å². The van der Waals surface area contributed by atoms with E-state index in [1.54, 1.807) is 6.07 Å². The minimum absolute atomic E-state index is 0.355. The van der Waals surface area contributed by atoms with Crippen LogP contribution in [0.2, 0.25) is 0 Å². The molecule has 0 heterocycles. The molecule has 19 heavy (non-hydrogen) atoms. The standard InChI is InChI=1S/C16H24N2O/c1-11-14(16(17)19)9-6-10-15(11)18-12(2)13-7-4-3-5-8-13/h6,9-10,12-13,18H,3-5,7-8H2,1-2H3,(H2,17,19). The SMILES string of the molecule is Cc1c(NC(C)C2CCCCC2)cccc1C(N)=O. The first kappa shape index (κ1) is 13.9. The van der Waals surface area contributed by atoms with Gasteiger partial charge in [0.25, 0.3) is 0 Å². The molecule has 3 N–H and O–H groups in total. The zero-order valence-electron chi connectivity index (χ0n) is 11.9. The van der Waals surface area contributed by atoms with E-state index in [-0.39, 0.29) is 5.91 Å². The molecule has 104 valence electrons. The van der Waals surface area contributed by atoms with Crippen molar-refractivity contribution in [2.24, 2.45) is 11.7 Å². The van der Waals surface area contributed by atoms with E-state index < -0.39 is 0 Å². The van der Waals surface area contributed by atoms with E-state index in [1.807, 2.05) is 19.1 Å². The van der Waals surface area contributed by atoms with Gasteiger partial charge in [0.15, 0.2) is 0 Å². The van der Waals surface area contributed by atoms with Gasteiger partial charge in [0.2, 0.25) is 5.91 Å². The van der Waals surface area contributed by atoms with Gasteiger partial charge >= 0.3 is 0 Å². The smallest absolute Gasteiger partial charge is 0.249 e. The van der Waals surface area contributed by atoms with Crippen molar-refractivity contribution >= 4 is 11.6 Å². The molecule has 1 amide bonds. The third-order valence-corrected chi connectivity index (χ3v) is 4.34. The predicted molar refractivity (Wildman–Crippen MR) is 79.4 cm³/mol. The molecule has 1 fully saturated rings. The Morgan fingerprint density at radius 3 is 2.63 bits per heavy atom. The third kappa shape index (κ3) is 3.28. The van der Waals surface area contributed by atoms with Gasteiger partial charge in [-0.3, -0.25) is 4.79 Å². The van der Waals surface area contributed by atoms with Crippen LogP contribution in [0.1, 0.15) is 54.9 Å². The maximum Gasteiger partial charge on any atom is 0.249 e. The summed E-state index contributed by atoms with van der Waals surface area (Å²) in [6.45, 7) is 4.20. The molecular weight excluding hydrogens is 236 g/mol. The average molecular weight is 260 g/mol. The molecule has 3 nitrogen and oxygen atoms in total. The highest BCUT2D eigenvalue weighted by Gasteiger charge is 2.20. The summed E-state index contributed by atoms with van der Waals surface area (Å²) in [5, 5.41) is 3.57. The van der Waals surface area contributed by atoms with Gasteiger partial charge < -0.3 is 11.1 Å². The molecule has 0 saturated heterocycles. The Labute approximate surface area is 115 Å². The Kier molecular flexibility index (Phi) is 4.46. The molecule has 0 spiro atoms. The molecule has 1 aliphatic carbocycles. The van der Waals surface area contributed by atoms with Crippen molar-refractivity contribution in [3.63, 3.8) is 0 Å². The van der Waals surface area contributed by atoms with Crippen LogP contribution in [-0.2, 0) is 0 Å². The summed E-state index contributed by atoms with van der Waals surface area (Å²) in [4.78, 5) is 11.4. The topological polar surface area (TPSA) is 55.1 Å². The Balaban J connectivity index is 2.10. The molecular formula is C16H24N2O. The Morgan fingerprint density at radius 2 is 2.00 bits per heavy atom. The lowest BCUT2D eigenvalue weighted by Gasteiger charge is -2.29. The number of nitrogens with two attached hydrogens (primary N) is 1. The number of anilines is 1. The van der Waals surface area contributed by atoms with E-state index in [9.17, 15) is 4.79 Å². The Hall–Kier alpha value is -1.51. The number of rotatable bonds is 4. The summed E-state index contributed by atoms with van der Waals surface area (Å²) in [6.07, 6.45) is 6.68. The van der Waals surface area contributed by atoms with Crippen molar-refractivity contribution in [3.8, 4) is 0 Å². The number of carbonyl (C=O) groups excluding carboxylic acids is 1. The summed E-state index contributed by atoms with van der Waals surface area (Å²) in [7, 11) is 0. The quantitative estimate of drug-likeness (QED) is 0.871. The van der Waals surface area contributed by atoms with Gasteiger partial charge in [-0.25, -0.2) is 0 Å². The van der Waals surface area contributed by atoms with E-state index in [0.29, 0.717) is 11.6 Å². The third-order valence-electron chi connectivity index (χ3n) is 4.34. The summed E-state index contributed by atoms with van der Waals surface area (Å²) < 4.78 is 0. The second-order valence-electron chi connectivity index (χ2n) is 5.67. The minimum atomic E-state index is -0.355. The second-order valence-corrected chi connectivity index (χ2v) is 5.67. The minimum Gasteiger partial charge on any atom is -0.382 e. The molecule has 0 aliphatic heterocycles. The van der Waals surface area contributed by atoms with Crippen LogP contribution in [0.3, 0.4) is 0 Å². The lowest BCUT2D eigenvalue weighted by molar-refractivity contribution is 0.1000. The van der Waals surface area contributed by atoms with Crippen LogP contribution in [0.4, 0.5) is 5.69 Å². The highest BCUT2D eigenvalue weighted by Crippen LogP contribution is 2.29. The summed E-state index contributed by atoms with van der Waals surface area (Å²) in [5.41, 5.74) is 7.99. The average Bonchev–Trinajstić information content (AvgIpc) is 2.41. The molecule has 0 bridgehead atoms. The number of primary amides is 1. The Morgan fingerprint density at radius 1 is 1.32 bits per heavy atom. The summed E-state index contributed by atoms with van der Waals surface area (Å²) in [5.74, 6) is 0.386. The van der Waals surface area contributed by atoms with Crippen LogP contribution in [0, 0.1) is 12.8 Å². The number of hydrogen-bond donors (Lipinski definition) is 2. The van der Waals surface area contributed by atoms with Gasteiger partial charge in [0, 0.05) is 17.3 Å². The fourth-order valence-electron chi connectivity index (χ4n) is 3.06. The maximum absolute atomic E-state index is 11.4. The highest BCUT2D eigenvalue weighted by molar-refractivity contribution is 5.95. The lowest BCUT2D eigenvalue weighted by atomic mass is 9.84. The summed E-state index contributed by atoms with van der Waals surface area (Å²) in [6, 6.07) is 6.15. The number of nitrogens with one attached hydrogen (secondary N) is 1. The first-order valence-electron chi connectivity index (χ1n) is 7.25. The van der Waals surface area contributed by atoms with Gasteiger partial charge in [-0.2, -0.15) is 0 Å². The molecule has 1 atom stereocenters. The van der Waals surface area contributed by atoms with Crippen molar-refractivity contribution in [1.29, 1.82) is 0 Å². The maximum atomic E-state index is 11.4. The van der Waals surface area contributed by atoms with Gasteiger partial charge in [0.1, 0.15) is 0 Å². The molecule has 1 saturated carbocycles. The molecule has 2 rings (SSSR count). The van der Waals surface area contributed by atoms with Gasteiger partial charge in [-0.1, -0.05) is 25.3 Å². The fourth-order valence-corrected chi connectivity index (χ4v) is 3.06. The van der Waals surface area contributed by atoms with Gasteiger partial charge in [0.05, 0.1) is 0 Å². The van der Waals surface area contributed by atoms with E-state index >= 15 is 0 Å². The lowest BCUT2D eigenvalue weighted by Crippen LogP contribution is -2.28. The molecule has 0 aromatic heterocycles. The van der Waals surface area contributed by atoms with Crippen molar-refractivity contribution in [1.82, 2.24) is 0 Å². The number of benzene rings is 1. The van der Waals surface area contributed by atoms with E-state index in [0.717, 1.165) is 17.2 Å². The predicted octanol–water partition coefficient (Wildman–Crippen LogP) is 3.47. The second kappa shape index (κ2) is 6.09. The zero-order valence-corrected chi connectivity index (χ0v) is 11.9. The van der Waals surface area contributed by atoms with Crippen LogP contribution < -0.4 is 11.1 Å². The van der Waals surface area contributed by atoms with Crippen molar-refractivity contribution in [3.05, 3.63) is 29.3 Å². The van der Waals surface area contributed by atoms with E-state index in [1.165, 1.54) is 32.1 Å². The van der Waals surface area contributed by atoms with Crippen molar-refractivity contribution < 1.29 is 4.79 Å². The highest BCUT2D eigenvalue weighted by atomic mass is 16.1. The molecule has 3 heteroatoms. The normalized spacial score (nSPS) is 18.0. The van der Waals surface area contributed by atoms with Gasteiger partial charge in [-0.15, -0.1) is 0 Å². The number of hydrogen-bond acceptors (Lipinski definition) is 2. The molecule has 0 radical (unpaired) electrons. The first-order valence-corrected chi connectivity index (χ1v) is 7.25. The van der Waals surface area contributed by atoms with Crippen molar-refractivity contribution in [2.75, 3.05) is 5.32 Å².